The highest BCUT2D eigenvalue weighted by Crippen LogP contribution is 2.18. The number of rotatable bonds is 14. The number of methoxy groups -OCH3 is 2. The van der Waals surface area contributed by atoms with Crippen LogP contribution >= 0.6 is 23.2 Å². The largest absolute Gasteiger partial charge is 0.497 e. The summed E-state index contributed by atoms with van der Waals surface area (Å²) in [5, 5.41) is 28.1. The van der Waals surface area contributed by atoms with Gasteiger partial charge in [-0.3, -0.25) is 14.4 Å². The lowest BCUT2D eigenvalue weighted by atomic mass is 9.75. The first-order valence-electron chi connectivity index (χ1n) is 13.8. The molecular formula is C30H35BCl2N4O7. The summed E-state index contributed by atoms with van der Waals surface area (Å²) in [6.07, 6.45) is 0.164. The fraction of sp³-hybridized carbons (Fsp3) is 0.333. The summed E-state index contributed by atoms with van der Waals surface area (Å²) in [5.41, 5.74) is 1.26. The molecule has 0 fully saturated rings. The van der Waals surface area contributed by atoms with Gasteiger partial charge in [0.05, 0.1) is 25.2 Å². The van der Waals surface area contributed by atoms with E-state index >= 15 is 0 Å². The minimum Gasteiger partial charge on any atom is -0.497 e. The van der Waals surface area contributed by atoms with Gasteiger partial charge in [-0.15, -0.1) is 0 Å². The average molecular weight is 645 g/mol. The van der Waals surface area contributed by atoms with Crippen LogP contribution in [0.3, 0.4) is 0 Å². The fourth-order valence-electron chi connectivity index (χ4n) is 4.32. The standard InChI is InChI=1S/C30H35BCl2N4O7/c1-17(2)26(29(39)35-24(31(41)42)16-19-7-11-21(44-4)12-8-19)37-28(38)23(15-18-5-9-20(43-3)10-6-18)34-30(40)27-22(32)13-14-25(33)36-27/h5-14,17,23-24,26,41-42H,15-16H2,1-4H3,(H,34,40)(H,35,39)(H,37,38)/t23-,24-,26-/m0/s1. The Balaban J connectivity index is 1.81. The number of hydrogen-bond acceptors (Lipinski definition) is 8. The number of carbonyl (C=O) groups is 3. The van der Waals surface area contributed by atoms with Crippen molar-refractivity contribution < 1.29 is 33.9 Å². The molecule has 0 saturated carbocycles. The molecule has 1 heterocycles. The summed E-state index contributed by atoms with van der Waals surface area (Å²) in [6, 6.07) is 14.5. The number of ether oxygens (including phenoxy) is 2. The molecule has 0 radical (unpaired) electrons. The zero-order valence-corrected chi connectivity index (χ0v) is 26.2. The van der Waals surface area contributed by atoms with Crippen LogP contribution in [-0.4, -0.2) is 72.1 Å². The maximum Gasteiger partial charge on any atom is 0.475 e. The highest BCUT2D eigenvalue weighted by Gasteiger charge is 2.33. The van der Waals surface area contributed by atoms with Crippen molar-refractivity contribution in [3.05, 3.63) is 87.7 Å². The molecule has 0 bridgehead atoms. The lowest BCUT2D eigenvalue weighted by Crippen LogP contribution is -2.59. The monoisotopic (exact) mass is 644 g/mol. The van der Waals surface area contributed by atoms with Gasteiger partial charge in [-0.05, 0) is 59.9 Å². The molecule has 14 heteroatoms. The van der Waals surface area contributed by atoms with Gasteiger partial charge >= 0.3 is 7.12 Å². The van der Waals surface area contributed by atoms with Crippen LogP contribution in [-0.2, 0) is 22.4 Å². The van der Waals surface area contributed by atoms with Crippen molar-refractivity contribution in [2.24, 2.45) is 5.92 Å². The molecule has 1 aromatic heterocycles. The number of aromatic nitrogens is 1. The summed E-state index contributed by atoms with van der Waals surface area (Å²) in [6.45, 7) is 3.45. The number of pyridine rings is 1. The predicted molar refractivity (Wildman–Crippen MR) is 168 cm³/mol. The van der Waals surface area contributed by atoms with Crippen LogP contribution in [0.5, 0.6) is 11.5 Å². The number of amides is 3. The molecule has 3 amide bonds. The van der Waals surface area contributed by atoms with Gasteiger partial charge < -0.3 is 35.5 Å². The molecule has 234 valence electrons. The second-order valence-electron chi connectivity index (χ2n) is 10.4. The second kappa shape index (κ2) is 16.3. The van der Waals surface area contributed by atoms with Gasteiger partial charge in [0.1, 0.15) is 34.4 Å². The molecule has 3 atom stereocenters. The summed E-state index contributed by atoms with van der Waals surface area (Å²) < 4.78 is 10.4. The Morgan fingerprint density at radius 1 is 0.795 bits per heavy atom. The third-order valence-electron chi connectivity index (χ3n) is 6.80. The van der Waals surface area contributed by atoms with Crippen LogP contribution in [0.15, 0.2) is 60.7 Å². The minimum absolute atomic E-state index is 0.0420. The molecule has 3 rings (SSSR count). The first kappa shape index (κ1) is 34.7. The van der Waals surface area contributed by atoms with Gasteiger partial charge in [0.2, 0.25) is 11.8 Å². The summed E-state index contributed by atoms with van der Waals surface area (Å²) >= 11 is 12.1. The Labute approximate surface area is 266 Å². The number of nitrogens with zero attached hydrogens (tertiary/aromatic N) is 1. The van der Waals surface area contributed by atoms with Gasteiger partial charge in [-0.2, -0.15) is 0 Å². The van der Waals surface area contributed by atoms with Crippen LogP contribution in [0, 0.1) is 5.92 Å². The molecule has 0 aliphatic carbocycles. The zero-order valence-electron chi connectivity index (χ0n) is 24.7. The summed E-state index contributed by atoms with van der Waals surface area (Å²) in [5.74, 6) is -2.25. The molecule has 44 heavy (non-hydrogen) atoms. The topological polar surface area (TPSA) is 159 Å². The normalized spacial score (nSPS) is 12.9. The Morgan fingerprint density at radius 3 is 1.84 bits per heavy atom. The van der Waals surface area contributed by atoms with Crippen molar-refractivity contribution in [1.29, 1.82) is 0 Å². The number of benzene rings is 2. The lowest BCUT2D eigenvalue weighted by Gasteiger charge is -2.27. The van der Waals surface area contributed by atoms with Crippen LogP contribution in [0.25, 0.3) is 0 Å². The van der Waals surface area contributed by atoms with Gasteiger partial charge in [0.15, 0.2) is 0 Å². The van der Waals surface area contributed by atoms with Gasteiger partial charge in [-0.1, -0.05) is 61.3 Å². The third-order valence-corrected chi connectivity index (χ3v) is 7.31. The summed E-state index contributed by atoms with van der Waals surface area (Å²) in [4.78, 5) is 44.2. The maximum atomic E-state index is 13.7. The summed E-state index contributed by atoms with van der Waals surface area (Å²) in [7, 11) is 1.19. The Morgan fingerprint density at radius 2 is 1.34 bits per heavy atom. The lowest BCUT2D eigenvalue weighted by molar-refractivity contribution is -0.131. The number of hydrogen-bond donors (Lipinski definition) is 5. The van der Waals surface area contributed by atoms with Gasteiger partial charge in [-0.25, -0.2) is 4.98 Å². The molecule has 3 aromatic rings. The first-order valence-corrected chi connectivity index (χ1v) is 14.5. The Kier molecular flexibility index (Phi) is 12.8. The van der Waals surface area contributed by atoms with E-state index in [0.717, 1.165) is 5.56 Å². The molecule has 0 aliphatic rings. The van der Waals surface area contributed by atoms with E-state index in [4.69, 9.17) is 32.7 Å². The molecule has 0 aliphatic heterocycles. The van der Waals surface area contributed by atoms with Gasteiger partial charge in [0, 0.05) is 6.42 Å². The van der Waals surface area contributed by atoms with E-state index in [9.17, 15) is 24.4 Å². The zero-order chi connectivity index (χ0) is 32.4. The van der Waals surface area contributed by atoms with E-state index < -0.39 is 48.8 Å². The highest BCUT2D eigenvalue weighted by atomic mass is 35.5. The quantitative estimate of drug-likeness (QED) is 0.132. The second-order valence-corrected chi connectivity index (χ2v) is 11.1. The average Bonchev–Trinajstić information content (AvgIpc) is 3.00. The van der Waals surface area contributed by atoms with Crippen LogP contribution in [0.2, 0.25) is 10.2 Å². The molecule has 5 N–H and O–H groups in total. The van der Waals surface area contributed by atoms with Crippen molar-refractivity contribution in [3.8, 4) is 11.5 Å². The van der Waals surface area contributed by atoms with E-state index in [2.05, 4.69) is 20.9 Å². The van der Waals surface area contributed by atoms with Crippen molar-refractivity contribution >= 4 is 48.0 Å². The Hall–Kier alpha value is -3.84. The third kappa shape index (κ3) is 9.85. The number of carbonyl (C=O) groups excluding carboxylic acids is 3. The minimum atomic E-state index is -1.87. The van der Waals surface area contributed by atoms with Crippen LogP contribution in [0.1, 0.15) is 35.5 Å². The molecular weight excluding hydrogens is 610 g/mol. The van der Waals surface area contributed by atoms with E-state index in [1.165, 1.54) is 26.4 Å². The molecule has 11 nitrogen and oxygen atoms in total. The fourth-order valence-corrected chi connectivity index (χ4v) is 4.66. The predicted octanol–water partition coefficient (Wildman–Crippen LogP) is 2.63. The SMILES string of the molecule is COc1ccc(C[C@H](NC(=O)[C@@H](NC(=O)[C@H](Cc2ccc(OC)cc2)NC(=O)c2nc(Cl)ccc2Cl)C(C)C)B(O)O)cc1. The maximum absolute atomic E-state index is 13.7. The van der Waals surface area contributed by atoms with Crippen molar-refractivity contribution in [1.82, 2.24) is 20.9 Å². The molecule has 0 unspecified atom stereocenters. The van der Waals surface area contributed by atoms with E-state index in [1.54, 1.807) is 62.4 Å². The first-order chi connectivity index (χ1) is 20.9. The van der Waals surface area contributed by atoms with Crippen molar-refractivity contribution in [2.75, 3.05) is 14.2 Å². The van der Waals surface area contributed by atoms with E-state index in [0.29, 0.717) is 17.1 Å². The molecule has 0 spiro atoms. The number of halogens is 2. The van der Waals surface area contributed by atoms with Crippen molar-refractivity contribution in [3.63, 3.8) is 0 Å². The van der Waals surface area contributed by atoms with E-state index in [-0.39, 0.29) is 28.7 Å². The van der Waals surface area contributed by atoms with Crippen LogP contribution in [0.4, 0.5) is 0 Å². The number of nitrogens with one attached hydrogen (secondary N) is 3. The smallest absolute Gasteiger partial charge is 0.475 e. The highest BCUT2D eigenvalue weighted by molar-refractivity contribution is 6.43. The molecule has 0 saturated heterocycles. The van der Waals surface area contributed by atoms with Crippen molar-refractivity contribution in [2.45, 2.75) is 44.7 Å². The van der Waals surface area contributed by atoms with E-state index in [1.807, 2.05) is 0 Å². The van der Waals surface area contributed by atoms with Gasteiger partial charge in [0.25, 0.3) is 5.91 Å². The van der Waals surface area contributed by atoms with Crippen LogP contribution < -0.4 is 25.4 Å². The Bertz CT molecular complexity index is 1430. The molecule has 2 aromatic carbocycles.